The maximum atomic E-state index is 13.9. The Morgan fingerprint density at radius 3 is 0.567 bits per heavy atom. The molecule has 6 aromatic carbocycles. The van der Waals surface area contributed by atoms with Gasteiger partial charge in [-0.2, -0.15) is 0 Å². The summed E-state index contributed by atoms with van der Waals surface area (Å²) < 4.78 is 0. The van der Waals surface area contributed by atoms with Crippen LogP contribution < -0.4 is 40.9 Å². The van der Waals surface area contributed by atoms with Gasteiger partial charge in [-0.25, -0.2) is 0 Å². The monoisotopic (exact) mass is 1500 g/mol. The van der Waals surface area contributed by atoms with Crippen LogP contribution in [-0.4, -0.2) is 34.2 Å². The van der Waals surface area contributed by atoms with Gasteiger partial charge in [0.1, 0.15) is 0 Å². The molecule has 0 aliphatic heterocycles. The van der Waals surface area contributed by atoms with E-state index in [1.807, 2.05) is 36.4 Å². The van der Waals surface area contributed by atoms with Gasteiger partial charge < -0.3 is 40.9 Å². The smallest absolute Gasteiger partial charge is 0.872 e. The van der Waals surface area contributed by atoms with Crippen molar-refractivity contribution in [3.05, 3.63) is 187 Å². The summed E-state index contributed by atoms with van der Waals surface area (Å²) in [5.74, 6) is 0.443. The first-order valence-corrected chi connectivity index (χ1v) is 37.8. The largest absolute Gasteiger partial charge is 4.00 e. The molecule has 0 bridgehead atoms. The first-order chi connectivity index (χ1) is 46.2. The Labute approximate surface area is 667 Å². The zero-order chi connectivity index (χ0) is 79.7. The standard InChI is InChI=1S/2C37H53NO2.C6H14.4C3H7O.2Ti/c2*1-34(2,3)28-18-26(32(39)30(20-28)36(7,8)9)23-38(22-25-16-14-13-15-17-25)24-27-19-29(35(4,5)6)21-31(33(27)40)37(10,11)12;1-3-5-6-4-2;4*1-3(2)4;;/h2*13-21,39-40H,22-24H2,1-12H3;3-6H2,1-2H3;4*3H,1-2H3;;/q;;;4*-1;2*+4/p-4. The third-order valence-corrected chi connectivity index (χ3v) is 16.4. The van der Waals surface area contributed by atoms with Crippen molar-refractivity contribution in [2.24, 2.45) is 0 Å². The zero-order valence-electron chi connectivity index (χ0n) is 71.9. The molecule has 0 fully saturated rings. The van der Waals surface area contributed by atoms with Crippen LogP contribution in [0.3, 0.4) is 0 Å². The second-order valence-corrected chi connectivity index (χ2v) is 37.2. The summed E-state index contributed by atoms with van der Waals surface area (Å²) in [5.41, 5.74) is 12.2. The summed E-state index contributed by atoms with van der Waals surface area (Å²) in [4.78, 5) is 4.53. The molecule has 104 heavy (non-hydrogen) atoms. The average molecular weight is 1500 g/mol. The molecule has 0 radical (unpaired) electrons. The third-order valence-electron chi connectivity index (χ3n) is 16.4. The Bertz CT molecular complexity index is 2940. The van der Waals surface area contributed by atoms with E-state index in [1.165, 1.54) is 47.9 Å². The van der Waals surface area contributed by atoms with E-state index in [1.54, 1.807) is 55.4 Å². The Hall–Kier alpha value is -4.29. The van der Waals surface area contributed by atoms with Crippen molar-refractivity contribution in [1.82, 2.24) is 9.80 Å². The minimum Gasteiger partial charge on any atom is -0.872 e. The summed E-state index contributed by atoms with van der Waals surface area (Å²) in [5, 5.41) is 93.7. The Morgan fingerprint density at radius 2 is 0.433 bits per heavy atom. The second-order valence-electron chi connectivity index (χ2n) is 37.2. The molecular formula is C92H144N2O8Ti2. The first-order valence-electron chi connectivity index (χ1n) is 37.8. The minimum absolute atomic E-state index is 0. The molecule has 578 valence electrons. The van der Waals surface area contributed by atoms with Crippen molar-refractivity contribution in [2.75, 3.05) is 0 Å². The van der Waals surface area contributed by atoms with E-state index in [0.717, 1.165) is 55.6 Å². The minimum atomic E-state index is -0.417. The molecular weight excluding hydrogens is 1360 g/mol. The third kappa shape index (κ3) is 40.2. The van der Waals surface area contributed by atoms with Crippen LogP contribution in [0.25, 0.3) is 0 Å². The van der Waals surface area contributed by atoms with Crippen molar-refractivity contribution in [3.8, 4) is 23.0 Å². The van der Waals surface area contributed by atoms with Gasteiger partial charge in [-0.3, -0.25) is 9.80 Å². The van der Waals surface area contributed by atoms with E-state index in [-0.39, 0.29) is 110 Å². The van der Waals surface area contributed by atoms with Gasteiger partial charge in [-0.05, 0) is 121 Å². The van der Waals surface area contributed by atoms with Crippen LogP contribution in [-0.2, 0) is 126 Å². The predicted molar refractivity (Wildman–Crippen MR) is 422 cm³/mol. The van der Waals surface area contributed by atoms with Crippen molar-refractivity contribution in [1.29, 1.82) is 0 Å². The van der Waals surface area contributed by atoms with Gasteiger partial charge >= 0.3 is 43.4 Å². The fourth-order valence-corrected chi connectivity index (χ4v) is 10.7. The Kier molecular flexibility index (Phi) is 45.6. The van der Waals surface area contributed by atoms with Crippen LogP contribution in [0.1, 0.15) is 339 Å². The van der Waals surface area contributed by atoms with E-state index in [0.29, 0.717) is 39.3 Å². The van der Waals surface area contributed by atoms with Crippen LogP contribution >= 0.6 is 0 Å². The first kappa shape index (κ1) is 104. The molecule has 10 nitrogen and oxygen atoms in total. The summed E-state index contributed by atoms with van der Waals surface area (Å²) in [6, 6.07) is 37.5. The summed E-state index contributed by atoms with van der Waals surface area (Å²) in [7, 11) is 0. The molecule has 0 aliphatic rings. The van der Waals surface area contributed by atoms with E-state index in [4.69, 9.17) is 0 Å². The normalized spacial score (nSPS) is 12.1. The van der Waals surface area contributed by atoms with Crippen molar-refractivity contribution >= 4 is 0 Å². The van der Waals surface area contributed by atoms with Gasteiger partial charge in [0.15, 0.2) is 0 Å². The molecule has 6 aromatic rings. The summed E-state index contributed by atoms with van der Waals surface area (Å²) in [6.45, 7) is 72.2. The number of unbranched alkanes of at least 4 members (excludes halogenated alkanes) is 3. The molecule has 0 amide bonds. The van der Waals surface area contributed by atoms with Gasteiger partial charge in [-0.15, -0.1) is 47.4 Å². The fourth-order valence-electron chi connectivity index (χ4n) is 10.7. The Morgan fingerprint density at radius 1 is 0.269 bits per heavy atom. The van der Waals surface area contributed by atoms with Gasteiger partial charge in [0.25, 0.3) is 0 Å². The van der Waals surface area contributed by atoms with E-state index >= 15 is 0 Å². The Balaban J connectivity index is -0.00000150. The molecule has 0 saturated heterocycles. The van der Waals surface area contributed by atoms with Gasteiger partial charge in [-0.1, -0.05) is 370 Å². The molecule has 0 atom stereocenters. The fraction of sp³-hybridized carbons (Fsp3) is 0.609. The van der Waals surface area contributed by atoms with Crippen molar-refractivity contribution in [2.45, 2.75) is 368 Å². The second kappa shape index (κ2) is 45.6. The van der Waals surface area contributed by atoms with Gasteiger partial charge in [0.05, 0.1) is 0 Å². The average Bonchev–Trinajstić information content (AvgIpc) is 0.788. The van der Waals surface area contributed by atoms with Crippen LogP contribution in [0.2, 0.25) is 0 Å². The van der Waals surface area contributed by atoms with Crippen LogP contribution in [0.15, 0.2) is 109 Å². The quantitative estimate of drug-likeness (QED) is 0.0706. The molecule has 0 aliphatic carbocycles. The number of benzene rings is 6. The maximum Gasteiger partial charge on any atom is 4.00 e. The molecule has 0 aromatic heterocycles. The molecule has 0 heterocycles. The summed E-state index contributed by atoms with van der Waals surface area (Å²) in [6.07, 6.45) is 3.87. The van der Waals surface area contributed by atoms with E-state index in [2.05, 4.69) is 263 Å². The van der Waals surface area contributed by atoms with Crippen LogP contribution in [0.5, 0.6) is 23.0 Å². The van der Waals surface area contributed by atoms with E-state index < -0.39 is 24.4 Å². The molecule has 0 saturated carbocycles. The molecule has 12 heteroatoms. The molecule has 0 spiro atoms. The number of hydrogen-bond acceptors (Lipinski definition) is 10. The summed E-state index contributed by atoms with van der Waals surface area (Å²) >= 11 is 0. The van der Waals surface area contributed by atoms with Crippen LogP contribution in [0, 0.1) is 0 Å². The number of nitrogens with zero attached hydrogens (tertiary/aromatic N) is 2. The number of hydrogen-bond donors (Lipinski definition) is 0. The molecule has 0 N–H and O–H groups in total. The van der Waals surface area contributed by atoms with Crippen molar-refractivity contribution in [3.63, 3.8) is 0 Å². The number of rotatable bonds is 15. The van der Waals surface area contributed by atoms with Crippen LogP contribution in [0.4, 0.5) is 0 Å². The predicted octanol–water partition coefficient (Wildman–Crippen LogP) is 18.1. The zero-order valence-corrected chi connectivity index (χ0v) is 75.1. The molecule has 6 rings (SSSR count). The van der Waals surface area contributed by atoms with Gasteiger partial charge in [0.2, 0.25) is 0 Å². The van der Waals surface area contributed by atoms with E-state index in [9.17, 15) is 40.9 Å². The molecule has 0 unspecified atom stereocenters. The SMILES string of the molecule is CC(C)(C)c1cc(CN(Cc2ccccc2)Cc2cc(C(C)(C)C)cc(C(C)(C)C)c2[O-])c([O-])c(C(C)(C)C)c1.CC(C)(C)c1cc(CN(Cc2ccccc2)Cc2cc(C(C)(C)C)cc(C(C)(C)C)c2[O-])c([O-])c(C(C)(C)C)c1.CC(C)[O-].CC(C)[O-].CC(C)[O-].CC(C)[O-].CCCCCC.[Ti+4].[Ti+4]. The maximum absolute atomic E-state index is 13.9. The van der Waals surface area contributed by atoms with Crippen molar-refractivity contribution < 1.29 is 84.3 Å². The van der Waals surface area contributed by atoms with Gasteiger partial charge in [0, 0.05) is 39.3 Å². The topological polar surface area (TPSA) is 191 Å².